The van der Waals surface area contributed by atoms with Crippen LogP contribution in [0.1, 0.15) is 5.69 Å². The van der Waals surface area contributed by atoms with E-state index >= 15 is 0 Å². The maximum atomic E-state index is 13.4. The van der Waals surface area contributed by atoms with Gasteiger partial charge < -0.3 is 0 Å². The molecule has 116 valence electrons. The summed E-state index contributed by atoms with van der Waals surface area (Å²) >= 11 is 4.63. The van der Waals surface area contributed by atoms with Crippen molar-refractivity contribution in [1.82, 2.24) is 29.6 Å². The first-order valence-electron chi connectivity index (χ1n) is 6.71. The summed E-state index contributed by atoms with van der Waals surface area (Å²) in [7, 11) is 1.87. The number of hydrogen-bond donors (Lipinski definition) is 0. The monoisotopic (exact) mass is 392 g/mol. The molecular weight excluding hydrogens is 383 g/mol. The van der Waals surface area contributed by atoms with Crippen molar-refractivity contribution < 1.29 is 4.39 Å². The van der Waals surface area contributed by atoms with Crippen LogP contribution in [0.3, 0.4) is 0 Å². The molecule has 0 spiro atoms. The summed E-state index contributed by atoms with van der Waals surface area (Å²) in [4.78, 5) is 0.679. The van der Waals surface area contributed by atoms with E-state index in [0.29, 0.717) is 15.3 Å². The Morgan fingerprint density at radius 1 is 1.22 bits per heavy atom. The molecule has 6 nitrogen and oxygen atoms in total. The fourth-order valence-corrected chi connectivity index (χ4v) is 3.63. The van der Waals surface area contributed by atoms with Crippen LogP contribution in [0.4, 0.5) is 4.39 Å². The number of nitrogens with zero attached hydrogens (tertiary/aromatic N) is 6. The third-order valence-corrected chi connectivity index (χ3v) is 4.95. The first-order chi connectivity index (χ1) is 11.0. The molecule has 0 aliphatic heterocycles. The zero-order valence-corrected chi connectivity index (χ0v) is 14.6. The van der Waals surface area contributed by atoms with E-state index in [1.807, 2.05) is 20.2 Å². The van der Waals surface area contributed by atoms with Crippen LogP contribution in [0.15, 0.2) is 28.9 Å². The number of halogens is 2. The lowest BCUT2D eigenvalue weighted by Crippen LogP contribution is -1.92. The molecule has 9 heteroatoms. The first-order valence-corrected chi connectivity index (χ1v) is 8.32. The van der Waals surface area contributed by atoms with E-state index in [9.17, 15) is 4.39 Å². The normalized spacial score (nSPS) is 11.5. The quantitative estimate of drug-likeness (QED) is 0.523. The van der Waals surface area contributed by atoms with E-state index < -0.39 is 0 Å². The van der Waals surface area contributed by atoms with Crippen molar-refractivity contribution in [2.75, 3.05) is 0 Å². The lowest BCUT2D eigenvalue weighted by atomic mass is 10.2. The molecule has 3 aromatic heterocycles. The highest BCUT2D eigenvalue weighted by molar-refractivity contribution is 9.10. The Bertz CT molecular complexity index is 1030. The van der Waals surface area contributed by atoms with Gasteiger partial charge in [-0.25, -0.2) is 4.39 Å². The molecule has 4 rings (SSSR count). The molecule has 0 fully saturated rings. The molecular formula is C14H10BrFN6S. The minimum absolute atomic E-state index is 0.320. The topological polar surface area (TPSA) is 60.9 Å². The van der Waals surface area contributed by atoms with Crippen molar-refractivity contribution in [3.63, 3.8) is 0 Å². The van der Waals surface area contributed by atoms with Gasteiger partial charge in [0, 0.05) is 18.8 Å². The van der Waals surface area contributed by atoms with Crippen molar-refractivity contribution in [3.8, 4) is 22.0 Å². The summed E-state index contributed by atoms with van der Waals surface area (Å²) < 4.78 is 17.2. The van der Waals surface area contributed by atoms with Crippen molar-refractivity contribution >= 4 is 32.2 Å². The molecule has 0 radical (unpaired) electrons. The van der Waals surface area contributed by atoms with Gasteiger partial charge in [-0.05, 0) is 41.1 Å². The smallest absolute Gasteiger partial charge is 0.235 e. The van der Waals surface area contributed by atoms with Crippen LogP contribution in [-0.2, 0) is 7.05 Å². The van der Waals surface area contributed by atoms with Crippen molar-refractivity contribution in [2.45, 2.75) is 6.92 Å². The Morgan fingerprint density at radius 2 is 2.04 bits per heavy atom. The van der Waals surface area contributed by atoms with Gasteiger partial charge in [-0.1, -0.05) is 11.3 Å². The highest BCUT2D eigenvalue weighted by Gasteiger charge is 2.17. The summed E-state index contributed by atoms with van der Waals surface area (Å²) in [6.07, 6.45) is 1.93. The van der Waals surface area contributed by atoms with Crippen LogP contribution in [0, 0.1) is 12.7 Å². The fourth-order valence-electron chi connectivity index (χ4n) is 2.35. The fraction of sp³-hybridized carbons (Fsp3) is 0.143. The predicted molar refractivity (Wildman–Crippen MR) is 88.7 cm³/mol. The number of aryl methyl sites for hydroxylation is 2. The van der Waals surface area contributed by atoms with Crippen molar-refractivity contribution in [1.29, 1.82) is 0 Å². The first kappa shape index (κ1) is 14.5. The third-order valence-electron chi connectivity index (χ3n) is 3.41. The van der Waals surface area contributed by atoms with Crippen LogP contribution in [0.5, 0.6) is 0 Å². The van der Waals surface area contributed by atoms with Crippen LogP contribution < -0.4 is 0 Å². The van der Waals surface area contributed by atoms with E-state index in [0.717, 1.165) is 21.8 Å². The van der Waals surface area contributed by atoms with Crippen LogP contribution >= 0.6 is 27.3 Å². The van der Waals surface area contributed by atoms with Gasteiger partial charge in [0.1, 0.15) is 5.82 Å². The molecule has 23 heavy (non-hydrogen) atoms. The molecule has 4 aromatic rings. The van der Waals surface area contributed by atoms with E-state index in [1.54, 1.807) is 21.3 Å². The lowest BCUT2D eigenvalue weighted by Gasteiger charge is -1.99. The average molecular weight is 393 g/mol. The zero-order chi connectivity index (χ0) is 16.1. The predicted octanol–water partition coefficient (Wildman–Crippen LogP) is 3.46. The molecule has 0 aliphatic carbocycles. The standard InChI is InChI=1S/C14H10BrFN6S/c1-7-9(6-21(2)19-7)13-20-22-12(17-18-14(22)23-13)8-3-4-11(16)10(15)5-8/h3-6H,1-2H3. The van der Waals surface area contributed by atoms with Crippen molar-refractivity contribution in [2.24, 2.45) is 7.05 Å². The third kappa shape index (κ3) is 2.36. The molecule has 0 saturated heterocycles. The maximum Gasteiger partial charge on any atom is 0.235 e. The molecule has 3 heterocycles. The summed E-state index contributed by atoms with van der Waals surface area (Å²) in [6.45, 7) is 1.94. The minimum Gasteiger partial charge on any atom is -0.275 e. The second kappa shape index (κ2) is 5.20. The number of aromatic nitrogens is 6. The Balaban J connectivity index is 1.86. The van der Waals surface area contributed by atoms with E-state index in [2.05, 4.69) is 36.3 Å². The Kier molecular flexibility index (Phi) is 3.27. The number of rotatable bonds is 2. The van der Waals surface area contributed by atoms with Crippen LogP contribution in [0.25, 0.3) is 26.9 Å². The van der Waals surface area contributed by atoms with Gasteiger partial charge in [-0.15, -0.1) is 10.2 Å². The van der Waals surface area contributed by atoms with Gasteiger partial charge in [0.15, 0.2) is 10.8 Å². The number of benzene rings is 1. The average Bonchev–Trinajstić information content (AvgIpc) is 3.15. The van der Waals surface area contributed by atoms with Gasteiger partial charge in [0.2, 0.25) is 4.96 Å². The Morgan fingerprint density at radius 3 is 2.74 bits per heavy atom. The summed E-state index contributed by atoms with van der Waals surface area (Å²) in [5, 5.41) is 18.1. The van der Waals surface area contributed by atoms with Crippen molar-refractivity contribution in [3.05, 3.63) is 40.4 Å². The van der Waals surface area contributed by atoms with Gasteiger partial charge in [0.05, 0.1) is 15.7 Å². The largest absolute Gasteiger partial charge is 0.275 e. The minimum atomic E-state index is -0.320. The summed E-state index contributed by atoms with van der Waals surface area (Å²) in [5.74, 6) is 0.254. The molecule has 0 aliphatic rings. The maximum absolute atomic E-state index is 13.4. The Hall–Kier alpha value is -2.13. The highest BCUT2D eigenvalue weighted by atomic mass is 79.9. The van der Waals surface area contributed by atoms with Gasteiger partial charge in [-0.2, -0.15) is 14.7 Å². The summed E-state index contributed by atoms with van der Waals surface area (Å²) in [6, 6.07) is 4.71. The lowest BCUT2D eigenvalue weighted by molar-refractivity contribution is 0.621. The van der Waals surface area contributed by atoms with E-state index in [4.69, 9.17) is 0 Å². The van der Waals surface area contributed by atoms with Gasteiger partial charge in [0.25, 0.3) is 0 Å². The SMILES string of the molecule is Cc1nn(C)cc1-c1nn2c(-c3ccc(F)c(Br)c3)nnc2s1. The molecule has 0 saturated carbocycles. The number of fused-ring (bicyclic) bond motifs is 1. The molecule has 0 atom stereocenters. The van der Waals surface area contributed by atoms with Gasteiger partial charge >= 0.3 is 0 Å². The van der Waals surface area contributed by atoms with E-state index in [-0.39, 0.29) is 5.82 Å². The second-order valence-electron chi connectivity index (χ2n) is 5.06. The van der Waals surface area contributed by atoms with Crippen LogP contribution in [0.2, 0.25) is 0 Å². The number of hydrogen-bond acceptors (Lipinski definition) is 5. The molecule has 0 N–H and O–H groups in total. The van der Waals surface area contributed by atoms with Gasteiger partial charge in [-0.3, -0.25) is 4.68 Å². The Labute approximate surface area is 142 Å². The highest BCUT2D eigenvalue weighted by Crippen LogP contribution is 2.30. The molecule has 0 amide bonds. The zero-order valence-electron chi connectivity index (χ0n) is 12.2. The molecule has 0 unspecified atom stereocenters. The van der Waals surface area contributed by atoms with Crippen LogP contribution in [-0.4, -0.2) is 29.6 Å². The summed E-state index contributed by atoms with van der Waals surface area (Å²) in [5.41, 5.74) is 2.61. The second-order valence-corrected chi connectivity index (χ2v) is 6.87. The molecule has 0 bridgehead atoms. The van der Waals surface area contributed by atoms with E-state index in [1.165, 1.54) is 17.4 Å². The molecule has 1 aromatic carbocycles.